The van der Waals surface area contributed by atoms with Gasteiger partial charge in [0.05, 0.1) is 13.2 Å². The molecule has 11 heteroatoms. The Morgan fingerprint density at radius 2 is 1.83 bits per heavy atom. The van der Waals surface area contributed by atoms with Crippen molar-refractivity contribution in [1.82, 2.24) is 20.4 Å². The van der Waals surface area contributed by atoms with Crippen LogP contribution >= 0.6 is 0 Å². The number of anilines is 1. The van der Waals surface area contributed by atoms with E-state index in [1.807, 2.05) is 32.9 Å². The highest BCUT2D eigenvalue weighted by Gasteiger charge is 2.41. The Kier molecular flexibility index (Phi) is 8.84. The molecular weight excluding hydrogens is 526 g/mol. The number of morpholine rings is 1. The number of imide groups is 1. The minimum absolute atomic E-state index is 0.0632. The van der Waals surface area contributed by atoms with Crippen LogP contribution in [0.3, 0.4) is 0 Å². The summed E-state index contributed by atoms with van der Waals surface area (Å²) in [7, 11) is 0. The van der Waals surface area contributed by atoms with Gasteiger partial charge in [-0.1, -0.05) is 6.07 Å². The molecule has 4 amide bonds. The lowest BCUT2D eigenvalue weighted by molar-refractivity contribution is -0.136. The summed E-state index contributed by atoms with van der Waals surface area (Å²) in [6.45, 7) is 10.9. The van der Waals surface area contributed by atoms with Crippen LogP contribution in [0.4, 0.5) is 10.5 Å². The number of piperidine rings is 1. The maximum atomic E-state index is 13.5. The van der Waals surface area contributed by atoms with Gasteiger partial charge in [0.25, 0.3) is 5.91 Å². The smallest absolute Gasteiger partial charge is 0.407 e. The second kappa shape index (κ2) is 12.4. The molecule has 224 valence electrons. The Hall–Kier alpha value is -3.18. The lowest BCUT2D eigenvalue weighted by Gasteiger charge is -2.41. The summed E-state index contributed by atoms with van der Waals surface area (Å²) < 4.78 is 11.0. The molecule has 3 fully saturated rings. The fourth-order valence-corrected chi connectivity index (χ4v) is 6.42. The minimum atomic E-state index is -0.642. The van der Waals surface area contributed by atoms with Crippen molar-refractivity contribution in [3.63, 3.8) is 0 Å². The average Bonchev–Trinajstić information content (AvgIpc) is 3.26. The summed E-state index contributed by atoms with van der Waals surface area (Å²) in [6, 6.07) is 5.53. The Balaban J connectivity index is 1.33. The SMILES string of the molecule is CC(C)(C)OC(=O)NC1CCC(N(CCN2CCOCC2)c2cccc3c2CN(C2CCC(=O)NC2=O)C3=O)CC1. The molecule has 0 aromatic heterocycles. The second-order valence-corrected chi connectivity index (χ2v) is 12.5. The molecule has 1 aliphatic carbocycles. The zero-order valence-electron chi connectivity index (χ0n) is 24.4. The first kappa shape index (κ1) is 29.3. The first-order chi connectivity index (χ1) is 19.6. The third-order valence-corrected chi connectivity index (χ3v) is 8.49. The summed E-state index contributed by atoms with van der Waals surface area (Å²) in [4.78, 5) is 56.7. The molecule has 0 radical (unpaired) electrons. The van der Waals surface area contributed by atoms with Crippen LogP contribution in [-0.4, -0.2) is 96.7 Å². The summed E-state index contributed by atoms with van der Waals surface area (Å²) in [5.41, 5.74) is 2.06. The van der Waals surface area contributed by atoms with Gasteiger partial charge in [-0.05, 0) is 65.0 Å². The maximum Gasteiger partial charge on any atom is 0.407 e. The number of alkyl carbamates (subject to hydrolysis) is 1. The third kappa shape index (κ3) is 7.01. The third-order valence-electron chi connectivity index (χ3n) is 8.49. The van der Waals surface area contributed by atoms with Gasteiger partial charge in [-0.3, -0.25) is 24.6 Å². The Bertz CT molecular complexity index is 1150. The van der Waals surface area contributed by atoms with E-state index >= 15 is 0 Å². The van der Waals surface area contributed by atoms with Gasteiger partial charge in [-0.15, -0.1) is 0 Å². The molecule has 4 aliphatic rings. The quantitative estimate of drug-likeness (QED) is 0.481. The molecule has 1 aromatic rings. The molecule has 1 atom stereocenters. The van der Waals surface area contributed by atoms with Crippen molar-refractivity contribution in [3.8, 4) is 0 Å². The van der Waals surface area contributed by atoms with Crippen molar-refractivity contribution >= 4 is 29.5 Å². The highest BCUT2D eigenvalue weighted by atomic mass is 16.6. The van der Waals surface area contributed by atoms with Crippen molar-refractivity contribution in [2.24, 2.45) is 0 Å². The fourth-order valence-electron chi connectivity index (χ4n) is 6.42. The zero-order valence-corrected chi connectivity index (χ0v) is 24.4. The molecule has 0 bridgehead atoms. The van der Waals surface area contributed by atoms with Crippen LogP contribution in [0.1, 0.15) is 75.2 Å². The van der Waals surface area contributed by atoms with Crippen molar-refractivity contribution in [2.75, 3.05) is 44.3 Å². The molecule has 3 heterocycles. The molecule has 1 saturated carbocycles. The first-order valence-electron chi connectivity index (χ1n) is 14.9. The molecule has 2 N–H and O–H groups in total. The Morgan fingerprint density at radius 1 is 1.10 bits per heavy atom. The van der Waals surface area contributed by atoms with Crippen LogP contribution in [-0.2, 0) is 25.6 Å². The molecule has 0 spiro atoms. The van der Waals surface area contributed by atoms with E-state index in [1.54, 1.807) is 4.90 Å². The molecule has 3 aliphatic heterocycles. The lowest BCUT2D eigenvalue weighted by atomic mass is 9.89. The first-order valence-corrected chi connectivity index (χ1v) is 14.9. The molecule has 1 aromatic carbocycles. The van der Waals surface area contributed by atoms with Crippen LogP contribution in [0.5, 0.6) is 0 Å². The highest BCUT2D eigenvalue weighted by Crippen LogP contribution is 2.37. The topological polar surface area (TPSA) is 121 Å². The van der Waals surface area contributed by atoms with E-state index < -0.39 is 17.6 Å². The maximum absolute atomic E-state index is 13.5. The zero-order chi connectivity index (χ0) is 29.1. The van der Waals surface area contributed by atoms with Gasteiger partial charge in [0.15, 0.2) is 0 Å². The summed E-state index contributed by atoms with van der Waals surface area (Å²) >= 11 is 0. The van der Waals surface area contributed by atoms with Crippen molar-refractivity contribution in [3.05, 3.63) is 29.3 Å². The number of rotatable bonds is 7. The van der Waals surface area contributed by atoms with Crippen LogP contribution < -0.4 is 15.5 Å². The number of ether oxygens (including phenoxy) is 2. The van der Waals surface area contributed by atoms with Gasteiger partial charge in [0.1, 0.15) is 11.6 Å². The normalized spacial score (nSPS) is 25.5. The molecule has 41 heavy (non-hydrogen) atoms. The van der Waals surface area contributed by atoms with Gasteiger partial charge in [-0.25, -0.2) is 4.79 Å². The average molecular weight is 570 g/mol. The Labute approximate surface area is 241 Å². The van der Waals surface area contributed by atoms with Crippen LogP contribution in [0, 0.1) is 0 Å². The summed E-state index contributed by atoms with van der Waals surface area (Å²) in [6.07, 6.45) is 3.68. The minimum Gasteiger partial charge on any atom is -0.444 e. The number of fused-ring (bicyclic) bond motifs is 1. The monoisotopic (exact) mass is 569 g/mol. The number of nitrogens with one attached hydrogen (secondary N) is 2. The number of amides is 4. The van der Waals surface area contributed by atoms with E-state index in [1.165, 1.54) is 0 Å². The second-order valence-electron chi connectivity index (χ2n) is 12.5. The van der Waals surface area contributed by atoms with Gasteiger partial charge < -0.3 is 24.6 Å². The summed E-state index contributed by atoms with van der Waals surface area (Å²) in [5, 5.41) is 5.43. The molecular formula is C30H43N5O6. The summed E-state index contributed by atoms with van der Waals surface area (Å²) in [5.74, 6) is -0.846. The van der Waals surface area contributed by atoms with Crippen LogP contribution in [0.15, 0.2) is 18.2 Å². The van der Waals surface area contributed by atoms with Gasteiger partial charge >= 0.3 is 6.09 Å². The molecule has 1 unspecified atom stereocenters. The largest absolute Gasteiger partial charge is 0.444 e. The Morgan fingerprint density at radius 3 is 2.51 bits per heavy atom. The van der Waals surface area contributed by atoms with E-state index in [2.05, 4.69) is 26.5 Å². The highest BCUT2D eigenvalue weighted by molar-refractivity contribution is 6.06. The number of carbonyl (C=O) groups is 4. The van der Waals surface area contributed by atoms with E-state index in [9.17, 15) is 19.2 Å². The van der Waals surface area contributed by atoms with Crippen molar-refractivity contribution in [2.45, 2.75) is 89.6 Å². The van der Waals surface area contributed by atoms with E-state index in [0.29, 0.717) is 18.5 Å². The number of benzene rings is 1. The van der Waals surface area contributed by atoms with E-state index in [-0.39, 0.29) is 36.4 Å². The predicted molar refractivity (Wildman–Crippen MR) is 153 cm³/mol. The molecule has 11 nitrogen and oxygen atoms in total. The molecule has 2 saturated heterocycles. The fraction of sp³-hybridized carbons (Fsp3) is 0.667. The van der Waals surface area contributed by atoms with Gasteiger partial charge in [-0.2, -0.15) is 0 Å². The standard InChI is InChI=1S/C30H43N5O6/c1-30(2,3)41-29(39)31-20-7-9-21(10-8-20)34(14-13-33-15-17-40-18-16-33)24-6-4-5-22-23(24)19-35(28(22)38)25-11-12-26(36)32-27(25)37/h4-6,20-21,25H,7-19H2,1-3H3,(H,31,39)(H,32,36,37). The van der Waals surface area contributed by atoms with Gasteiger partial charge in [0.2, 0.25) is 11.8 Å². The number of carbonyl (C=O) groups excluding carboxylic acids is 4. The van der Waals surface area contributed by atoms with Crippen molar-refractivity contribution in [1.29, 1.82) is 0 Å². The van der Waals surface area contributed by atoms with E-state index in [4.69, 9.17) is 9.47 Å². The van der Waals surface area contributed by atoms with Crippen LogP contribution in [0.25, 0.3) is 0 Å². The van der Waals surface area contributed by atoms with E-state index in [0.717, 1.165) is 76.3 Å². The molecule has 5 rings (SSSR count). The predicted octanol–water partition coefficient (Wildman–Crippen LogP) is 2.42. The van der Waals surface area contributed by atoms with Crippen molar-refractivity contribution < 1.29 is 28.7 Å². The van der Waals surface area contributed by atoms with Gasteiger partial charge in [0, 0.05) is 68.0 Å². The number of hydrogen-bond acceptors (Lipinski definition) is 8. The van der Waals surface area contributed by atoms with Crippen LogP contribution in [0.2, 0.25) is 0 Å². The number of hydrogen-bond donors (Lipinski definition) is 2. The lowest BCUT2D eigenvalue weighted by Crippen LogP contribution is -2.52. The number of nitrogens with zero attached hydrogens (tertiary/aromatic N) is 3.